The van der Waals surface area contributed by atoms with Crippen molar-refractivity contribution in [2.24, 2.45) is 11.8 Å². The molecule has 1 fully saturated rings. The predicted octanol–water partition coefficient (Wildman–Crippen LogP) is 2.54. The quantitative estimate of drug-likeness (QED) is 0.345. The summed E-state index contributed by atoms with van der Waals surface area (Å²) in [6.07, 6.45) is 2.64. The number of carbonyl (C=O) groups is 2. The SMILES string of the molecule is C=CCC1CCN(C(=O)OOC(C)(C)C)CC1C(=O)OC. The van der Waals surface area contributed by atoms with Gasteiger partial charge < -0.3 is 9.64 Å². The summed E-state index contributed by atoms with van der Waals surface area (Å²) in [7, 11) is 1.35. The first kappa shape index (κ1) is 17.5. The molecule has 0 aliphatic carbocycles. The molecule has 6 nitrogen and oxygen atoms in total. The van der Waals surface area contributed by atoms with Crippen LogP contribution in [0.25, 0.3) is 0 Å². The zero-order chi connectivity index (χ0) is 16.0. The molecule has 0 N–H and O–H groups in total. The van der Waals surface area contributed by atoms with Crippen molar-refractivity contribution in [3.05, 3.63) is 12.7 Å². The van der Waals surface area contributed by atoms with E-state index in [9.17, 15) is 9.59 Å². The molecule has 21 heavy (non-hydrogen) atoms. The van der Waals surface area contributed by atoms with Gasteiger partial charge in [0.05, 0.1) is 13.0 Å². The van der Waals surface area contributed by atoms with Crippen molar-refractivity contribution in [1.82, 2.24) is 4.90 Å². The lowest BCUT2D eigenvalue weighted by Gasteiger charge is -2.36. The fourth-order valence-electron chi connectivity index (χ4n) is 2.29. The topological polar surface area (TPSA) is 65.1 Å². The van der Waals surface area contributed by atoms with Crippen LogP contribution in [-0.4, -0.2) is 42.8 Å². The number of amides is 1. The van der Waals surface area contributed by atoms with Crippen LogP contribution in [0.5, 0.6) is 0 Å². The van der Waals surface area contributed by atoms with Crippen molar-refractivity contribution in [2.75, 3.05) is 20.2 Å². The predicted molar refractivity (Wildman–Crippen MR) is 77.3 cm³/mol. The number of esters is 1. The Balaban J connectivity index is 2.64. The lowest BCUT2D eigenvalue weighted by molar-refractivity contribution is -0.306. The fourth-order valence-corrected chi connectivity index (χ4v) is 2.29. The van der Waals surface area contributed by atoms with Crippen LogP contribution in [-0.2, 0) is 19.3 Å². The molecule has 0 saturated carbocycles. The standard InChI is InChI=1S/C15H25NO5/c1-6-7-11-8-9-16(10-12(11)13(17)19-5)14(18)20-21-15(2,3)4/h6,11-12H,1,7-10H2,2-5H3. The van der Waals surface area contributed by atoms with Gasteiger partial charge in [-0.1, -0.05) is 6.08 Å². The molecule has 1 rings (SSSR count). The third-order valence-electron chi connectivity index (χ3n) is 3.35. The molecule has 1 saturated heterocycles. The minimum Gasteiger partial charge on any atom is -0.469 e. The zero-order valence-corrected chi connectivity index (χ0v) is 13.3. The maximum atomic E-state index is 12.0. The third kappa shape index (κ3) is 5.38. The van der Waals surface area contributed by atoms with Gasteiger partial charge in [-0.05, 0) is 39.5 Å². The minimum atomic E-state index is -0.573. The molecule has 0 aromatic heterocycles. The maximum absolute atomic E-state index is 12.0. The fraction of sp³-hybridized carbons (Fsp3) is 0.733. The molecule has 2 atom stereocenters. The molecule has 1 aliphatic rings. The van der Waals surface area contributed by atoms with Gasteiger partial charge in [-0.25, -0.2) is 4.79 Å². The van der Waals surface area contributed by atoms with Gasteiger partial charge in [0.1, 0.15) is 5.60 Å². The first-order chi connectivity index (χ1) is 9.78. The second kappa shape index (κ2) is 7.45. The summed E-state index contributed by atoms with van der Waals surface area (Å²) in [6.45, 7) is 9.87. The first-order valence-corrected chi connectivity index (χ1v) is 7.11. The van der Waals surface area contributed by atoms with Gasteiger partial charge in [0.15, 0.2) is 0 Å². The normalized spacial score (nSPS) is 22.6. The molecular weight excluding hydrogens is 274 g/mol. The number of rotatable bonds is 4. The molecule has 0 aromatic rings. The van der Waals surface area contributed by atoms with E-state index in [1.807, 2.05) is 0 Å². The highest BCUT2D eigenvalue weighted by Gasteiger charge is 2.37. The average molecular weight is 299 g/mol. The highest BCUT2D eigenvalue weighted by Crippen LogP contribution is 2.28. The van der Waals surface area contributed by atoms with E-state index in [0.29, 0.717) is 13.0 Å². The van der Waals surface area contributed by atoms with E-state index in [2.05, 4.69) is 6.58 Å². The largest absolute Gasteiger partial charge is 0.469 e. The lowest BCUT2D eigenvalue weighted by Crippen LogP contribution is -2.47. The van der Waals surface area contributed by atoms with E-state index >= 15 is 0 Å². The van der Waals surface area contributed by atoms with Crippen LogP contribution < -0.4 is 0 Å². The Bertz CT molecular complexity index is 388. The number of hydrogen-bond acceptors (Lipinski definition) is 5. The molecule has 1 heterocycles. The number of carbonyl (C=O) groups excluding carboxylic acids is 2. The minimum absolute atomic E-state index is 0.141. The van der Waals surface area contributed by atoms with Crippen LogP contribution in [0.1, 0.15) is 33.6 Å². The summed E-state index contributed by atoms with van der Waals surface area (Å²) in [6, 6.07) is 0. The van der Waals surface area contributed by atoms with E-state index in [1.165, 1.54) is 12.0 Å². The van der Waals surface area contributed by atoms with E-state index < -0.39 is 11.7 Å². The molecule has 0 aromatic carbocycles. The van der Waals surface area contributed by atoms with Gasteiger partial charge in [-0.2, -0.15) is 4.89 Å². The first-order valence-electron chi connectivity index (χ1n) is 7.11. The number of likely N-dealkylation sites (tertiary alicyclic amines) is 1. The van der Waals surface area contributed by atoms with Crippen molar-refractivity contribution >= 4 is 12.1 Å². The van der Waals surface area contributed by atoms with Crippen molar-refractivity contribution in [1.29, 1.82) is 0 Å². The van der Waals surface area contributed by atoms with Gasteiger partial charge >= 0.3 is 12.1 Å². The summed E-state index contributed by atoms with van der Waals surface area (Å²) in [4.78, 5) is 35.2. The molecule has 120 valence electrons. The second-order valence-corrected chi connectivity index (χ2v) is 6.19. The molecule has 0 radical (unpaired) electrons. The number of allylic oxidation sites excluding steroid dienone is 1. The molecule has 2 unspecified atom stereocenters. The third-order valence-corrected chi connectivity index (χ3v) is 3.35. The van der Waals surface area contributed by atoms with E-state index in [1.54, 1.807) is 26.8 Å². The summed E-state index contributed by atoms with van der Waals surface area (Å²) < 4.78 is 4.83. The van der Waals surface area contributed by atoms with E-state index in [-0.39, 0.29) is 24.3 Å². The summed E-state index contributed by atoms with van der Waals surface area (Å²) in [5.74, 6) is -0.525. The van der Waals surface area contributed by atoms with E-state index in [4.69, 9.17) is 14.5 Å². The van der Waals surface area contributed by atoms with Crippen molar-refractivity contribution < 1.29 is 24.1 Å². The number of ether oxygens (including phenoxy) is 1. The molecule has 6 heteroatoms. The average Bonchev–Trinajstić information content (AvgIpc) is 2.43. The Morgan fingerprint density at radius 3 is 2.57 bits per heavy atom. The van der Waals surface area contributed by atoms with Crippen molar-refractivity contribution in [2.45, 2.75) is 39.2 Å². The van der Waals surface area contributed by atoms with Gasteiger partial charge in [0.2, 0.25) is 0 Å². The molecule has 1 aliphatic heterocycles. The van der Waals surface area contributed by atoms with Gasteiger partial charge in [-0.3, -0.25) is 9.68 Å². The highest BCUT2D eigenvalue weighted by atomic mass is 17.2. The maximum Gasteiger partial charge on any atom is 0.441 e. The molecule has 0 bridgehead atoms. The van der Waals surface area contributed by atoms with E-state index in [0.717, 1.165) is 6.42 Å². The Hall–Kier alpha value is -1.56. The van der Waals surface area contributed by atoms with Gasteiger partial charge in [0.25, 0.3) is 0 Å². The lowest BCUT2D eigenvalue weighted by atomic mass is 9.83. The van der Waals surface area contributed by atoms with Crippen LogP contribution >= 0.6 is 0 Å². The highest BCUT2D eigenvalue weighted by molar-refractivity contribution is 5.75. The summed E-state index contributed by atoms with van der Waals surface area (Å²) >= 11 is 0. The molecular formula is C15H25NO5. The van der Waals surface area contributed by atoms with Crippen LogP contribution in [0.15, 0.2) is 12.7 Å². The number of methoxy groups -OCH3 is 1. The van der Waals surface area contributed by atoms with Gasteiger partial charge in [-0.15, -0.1) is 6.58 Å². The Kier molecular flexibility index (Phi) is 6.20. The zero-order valence-electron chi connectivity index (χ0n) is 13.3. The van der Waals surface area contributed by atoms with Gasteiger partial charge in [0, 0.05) is 13.1 Å². The van der Waals surface area contributed by atoms with Crippen LogP contribution in [0.4, 0.5) is 4.79 Å². The van der Waals surface area contributed by atoms with Crippen LogP contribution in [0.2, 0.25) is 0 Å². The Morgan fingerprint density at radius 1 is 1.38 bits per heavy atom. The van der Waals surface area contributed by atoms with Crippen molar-refractivity contribution in [3.8, 4) is 0 Å². The molecule has 1 amide bonds. The Morgan fingerprint density at radius 2 is 2.05 bits per heavy atom. The summed E-state index contributed by atoms with van der Waals surface area (Å²) in [5, 5.41) is 0. The van der Waals surface area contributed by atoms with Crippen molar-refractivity contribution in [3.63, 3.8) is 0 Å². The molecule has 0 spiro atoms. The smallest absolute Gasteiger partial charge is 0.441 e. The number of piperidine rings is 1. The number of hydrogen-bond donors (Lipinski definition) is 0. The Labute approximate surface area is 126 Å². The number of nitrogens with zero attached hydrogens (tertiary/aromatic N) is 1. The van der Waals surface area contributed by atoms with Crippen LogP contribution in [0, 0.1) is 11.8 Å². The summed E-state index contributed by atoms with van der Waals surface area (Å²) in [5.41, 5.74) is -0.571. The van der Waals surface area contributed by atoms with Crippen LogP contribution in [0.3, 0.4) is 0 Å². The second-order valence-electron chi connectivity index (χ2n) is 6.19. The monoisotopic (exact) mass is 299 g/mol.